The van der Waals surface area contributed by atoms with Crippen LogP contribution < -0.4 is 21.2 Å². The normalized spacial score (nSPS) is 21.9. The van der Waals surface area contributed by atoms with Crippen molar-refractivity contribution in [3.63, 3.8) is 0 Å². The number of hydrogen-bond acceptors (Lipinski definition) is 2. The van der Waals surface area contributed by atoms with Crippen molar-refractivity contribution in [2.75, 3.05) is 0 Å². The first-order chi connectivity index (χ1) is 21.1. The maximum Gasteiger partial charge on any atom is 0.171 e. The topological polar surface area (TPSA) is 29.1 Å². The first-order valence-corrected chi connectivity index (χ1v) is 16.7. The first kappa shape index (κ1) is 26.2. The number of hydrogen-bond donors (Lipinski definition) is 1. The zero-order valence-electron chi connectivity index (χ0n) is 24.0. The van der Waals surface area contributed by atoms with Gasteiger partial charge in [-0.05, 0) is 45.9 Å². The van der Waals surface area contributed by atoms with Crippen molar-refractivity contribution in [2.24, 2.45) is 5.92 Å². The summed E-state index contributed by atoms with van der Waals surface area (Å²) >= 11 is 0. The molecule has 2 aliphatic carbocycles. The highest BCUT2D eigenvalue weighted by molar-refractivity contribution is 7.85. The van der Waals surface area contributed by atoms with E-state index in [0.29, 0.717) is 0 Å². The summed E-state index contributed by atoms with van der Waals surface area (Å²) in [6.45, 7) is 2.33. The fraction of sp³-hybridized carbons (Fsp3) is 0.100. The first-order valence-electron chi connectivity index (χ1n) is 15.0. The summed E-state index contributed by atoms with van der Waals surface area (Å²) in [5.74, 6) is 0.161. The number of nitrogens with one attached hydrogen (secondary N) is 1. The smallest absolute Gasteiger partial charge is 0.171 e. The molecule has 0 spiro atoms. The second kappa shape index (κ2) is 10.1. The van der Waals surface area contributed by atoms with Gasteiger partial charge in [-0.3, -0.25) is 5.32 Å². The zero-order chi connectivity index (χ0) is 29.0. The summed E-state index contributed by atoms with van der Waals surface area (Å²) < 4.78 is 15.0. The van der Waals surface area contributed by atoms with Crippen molar-refractivity contribution >= 4 is 40.8 Å². The molecule has 0 fully saturated rings. The van der Waals surface area contributed by atoms with Crippen LogP contribution in [-0.2, 0) is 10.1 Å². The van der Waals surface area contributed by atoms with Crippen molar-refractivity contribution in [1.29, 1.82) is 0 Å². The standard InChI is InChI=1S/C40H32NOP/c1-40-36-19-11-9-13-29(36)23-27-37(40)38(35-26-22-28-12-8-10-18-34(28)39(35)41-40)30-20-24-33(25-21-30)43(42,31-14-4-2-5-15-31)32-16-6-3-7-17-32/h2-27,35,39,41H,1H3. The van der Waals surface area contributed by atoms with Crippen LogP contribution in [0.25, 0.3) is 17.7 Å². The van der Waals surface area contributed by atoms with Crippen molar-refractivity contribution in [3.8, 4) is 0 Å². The molecule has 5 aromatic carbocycles. The summed E-state index contributed by atoms with van der Waals surface area (Å²) in [5.41, 5.74) is 8.57. The Balaban J connectivity index is 1.32. The SMILES string of the molecule is CC12NC3c4ccccc4C=CC3C(c3ccc(P(=O)(c4ccccc4)c4ccccc4)cc3)=C1C=Cc1ccccc12. The highest BCUT2D eigenvalue weighted by Gasteiger charge is 2.46. The molecule has 1 heterocycles. The summed E-state index contributed by atoms with van der Waals surface area (Å²) in [4.78, 5) is 0. The molecule has 3 unspecified atom stereocenters. The Morgan fingerprint density at radius 2 is 1.19 bits per heavy atom. The Labute approximate surface area is 253 Å². The van der Waals surface area contributed by atoms with Crippen LogP contribution in [0.4, 0.5) is 0 Å². The van der Waals surface area contributed by atoms with E-state index in [4.69, 9.17) is 0 Å². The number of rotatable bonds is 4. The van der Waals surface area contributed by atoms with E-state index in [2.05, 4.69) is 109 Å². The molecule has 0 saturated carbocycles. The third-order valence-corrected chi connectivity index (χ3v) is 12.6. The fourth-order valence-corrected chi connectivity index (χ4v) is 10.0. The van der Waals surface area contributed by atoms with Crippen LogP contribution in [0.5, 0.6) is 0 Å². The van der Waals surface area contributed by atoms with Gasteiger partial charge in [0.15, 0.2) is 7.14 Å². The molecule has 3 atom stereocenters. The minimum Gasteiger partial charge on any atom is -0.309 e. The van der Waals surface area contributed by atoms with E-state index >= 15 is 4.57 Å². The van der Waals surface area contributed by atoms with E-state index in [-0.39, 0.29) is 17.5 Å². The lowest BCUT2D eigenvalue weighted by Crippen LogP contribution is -2.51. The predicted octanol–water partition coefficient (Wildman–Crippen LogP) is 8.01. The van der Waals surface area contributed by atoms with Gasteiger partial charge in [-0.25, -0.2) is 0 Å². The van der Waals surface area contributed by atoms with E-state index in [1.807, 2.05) is 60.7 Å². The Morgan fingerprint density at radius 1 is 0.605 bits per heavy atom. The molecule has 3 heteroatoms. The fourth-order valence-electron chi connectivity index (χ4n) is 7.40. The van der Waals surface area contributed by atoms with Crippen LogP contribution in [0.1, 0.15) is 40.8 Å². The summed E-state index contributed by atoms with van der Waals surface area (Å²) in [5, 5.41) is 6.67. The van der Waals surface area contributed by atoms with Gasteiger partial charge < -0.3 is 4.57 Å². The highest BCUT2D eigenvalue weighted by atomic mass is 31.2. The van der Waals surface area contributed by atoms with Crippen LogP contribution in [0, 0.1) is 5.92 Å². The lowest BCUT2D eigenvalue weighted by Gasteiger charge is -2.49. The molecule has 5 aromatic rings. The molecule has 1 N–H and O–H groups in total. The predicted molar refractivity (Wildman–Crippen MR) is 180 cm³/mol. The lowest BCUT2D eigenvalue weighted by atomic mass is 9.65. The van der Waals surface area contributed by atoms with Gasteiger partial charge >= 0.3 is 0 Å². The van der Waals surface area contributed by atoms with Gasteiger partial charge in [-0.1, -0.05) is 158 Å². The molecular formula is C40H32NOP. The molecule has 1 aliphatic heterocycles. The van der Waals surface area contributed by atoms with Crippen molar-refractivity contribution in [3.05, 3.63) is 179 Å². The molecule has 208 valence electrons. The molecule has 0 bridgehead atoms. The average molecular weight is 574 g/mol. The Kier molecular flexibility index (Phi) is 6.12. The van der Waals surface area contributed by atoms with E-state index in [9.17, 15) is 0 Å². The Hall–Kier alpha value is -4.49. The molecule has 0 saturated heterocycles. The monoisotopic (exact) mass is 573 g/mol. The second-order valence-electron chi connectivity index (χ2n) is 11.8. The maximum absolute atomic E-state index is 15.0. The van der Waals surface area contributed by atoms with Crippen LogP contribution in [0.3, 0.4) is 0 Å². The van der Waals surface area contributed by atoms with Gasteiger partial charge in [0.25, 0.3) is 0 Å². The van der Waals surface area contributed by atoms with Crippen molar-refractivity contribution in [1.82, 2.24) is 5.32 Å². The van der Waals surface area contributed by atoms with E-state index < -0.39 is 7.14 Å². The van der Waals surface area contributed by atoms with Crippen LogP contribution >= 0.6 is 7.14 Å². The average Bonchev–Trinajstić information content (AvgIpc) is 3.07. The van der Waals surface area contributed by atoms with Crippen LogP contribution in [-0.4, -0.2) is 0 Å². The number of fused-ring (bicyclic) bond motifs is 6. The molecular weight excluding hydrogens is 541 g/mol. The molecule has 2 nitrogen and oxygen atoms in total. The Morgan fingerprint density at radius 3 is 1.88 bits per heavy atom. The minimum atomic E-state index is -3.05. The molecule has 0 radical (unpaired) electrons. The highest BCUT2D eigenvalue weighted by Crippen LogP contribution is 2.53. The minimum absolute atomic E-state index is 0.129. The van der Waals surface area contributed by atoms with Crippen molar-refractivity contribution in [2.45, 2.75) is 18.5 Å². The largest absolute Gasteiger partial charge is 0.309 e. The molecule has 0 amide bonds. The van der Waals surface area contributed by atoms with E-state index in [1.165, 1.54) is 39.0 Å². The summed E-state index contributed by atoms with van der Waals surface area (Å²) in [6.07, 6.45) is 9.20. The van der Waals surface area contributed by atoms with Crippen LogP contribution in [0.2, 0.25) is 0 Å². The summed E-state index contributed by atoms with van der Waals surface area (Å²) in [6, 6.07) is 46.0. The molecule has 8 rings (SSSR count). The van der Waals surface area contributed by atoms with Gasteiger partial charge in [-0.2, -0.15) is 0 Å². The van der Waals surface area contributed by atoms with Gasteiger partial charge in [-0.15, -0.1) is 0 Å². The zero-order valence-corrected chi connectivity index (χ0v) is 24.9. The summed E-state index contributed by atoms with van der Waals surface area (Å²) in [7, 11) is -3.05. The van der Waals surface area contributed by atoms with Gasteiger partial charge in [0.05, 0.1) is 5.54 Å². The van der Waals surface area contributed by atoms with Gasteiger partial charge in [0.2, 0.25) is 0 Å². The van der Waals surface area contributed by atoms with Gasteiger partial charge in [0.1, 0.15) is 0 Å². The molecule has 3 aliphatic rings. The second-order valence-corrected chi connectivity index (χ2v) is 14.6. The lowest BCUT2D eigenvalue weighted by molar-refractivity contribution is 0.321. The molecule has 43 heavy (non-hydrogen) atoms. The third kappa shape index (κ3) is 4.02. The van der Waals surface area contributed by atoms with E-state index in [0.717, 1.165) is 15.9 Å². The molecule has 0 aromatic heterocycles. The maximum atomic E-state index is 15.0. The van der Waals surface area contributed by atoms with Crippen molar-refractivity contribution < 1.29 is 4.57 Å². The van der Waals surface area contributed by atoms with Gasteiger partial charge in [0, 0.05) is 27.9 Å². The quantitative estimate of drug-likeness (QED) is 0.221. The Bertz CT molecular complexity index is 1940. The van der Waals surface area contributed by atoms with Crippen LogP contribution in [0.15, 0.2) is 151 Å². The third-order valence-electron chi connectivity index (χ3n) is 9.49. The number of benzene rings is 5. The van der Waals surface area contributed by atoms with E-state index in [1.54, 1.807) is 0 Å².